The minimum absolute atomic E-state index is 0.106. The Morgan fingerprint density at radius 2 is 2.33 bits per heavy atom. The average molecular weight is 210 g/mol. The van der Waals surface area contributed by atoms with Crippen LogP contribution in [0.3, 0.4) is 0 Å². The summed E-state index contributed by atoms with van der Waals surface area (Å²) >= 11 is 0. The number of carbonyl (C=O) groups excluding carboxylic acids is 1. The number of hydrogen-bond donors (Lipinski definition) is 2. The predicted molar refractivity (Wildman–Crippen MR) is 58.1 cm³/mol. The minimum atomic E-state index is -0.976. The van der Waals surface area contributed by atoms with E-state index >= 15 is 0 Å². The molecule has 0 aliphatic carbocycles. The molecule has 1 rings (SSSR count). The van der Waals surface area contributed by atoms with E-state index in [0.717, 1.165) is 5.82 Å². The molecule has 5 heteroatoms. The first-order valence-corrected chi connectivity index (χ1v) is 4.93. The second-order valence-electron chi connectivity index (χ2n) is 4.22. The fourth-order valence-electron chi connectivity index (χ4n) is 1.67. The van der Waals surface area contributed by atoms with Crippen molar-refractivity contribution >= 4 is 5.91 Å². The summed E-state index contributed by atoms with van der Waals surface area (Å²) in [5, 5.41) is 0. The van der Waals surface area contributed by atoms with Gasteiger partial charge in [-0.2, -0.15) is 0 Å². The number of aryl methyl sites for hydroxylation is 1. The molecule has 1 heterocycles. The molecule has 0 radical (unpaired) electrons. The van der Waals surface area contributed by atoms with Crippen molar-refractivity contribution < 1.29 is 4.79 Å². The lowest BCUT2D eigenvalue weighted by atomic mass is 9.94. The molecule has 2 atom stereocenters. The molecule has 5 nitrogen and oxygen atoms in total. The van der Waals surface area contributed by atoms with Crippen LogP contribution in [-0.2, 0) is 4.79 Å². The van der Waals surface area contributed by atoms with Crippen molar-refractivity contribution in [3.8, 4) is 0 Å². The summed E-state index contributed by atoms with van der Waals surface area (Å²) in [6.45, 7) is 5.55. The molecule has 0 fully saturated rings. The second-order valence-corrected chi connectivity index (χ2v) is 4.22. The summed E-state index contributed by atoms with van der Waals surface area (Å²) in [6, 6.07) is 0.106. The van der Waals surface area contributed by atoms with Gasteiger partial charge in [0.25, 0.3) is 0 Å². The Morgan fingerprint density at radius 3 is 2.73 bits per heavy atom. The number of nitrogens with two attached hydrogens (primary N) is 2. The normalized spacial score (nSPS) is 17.1. The van der Waals surface area contributed by atoms with E-state index in [1.807, 2.05) is 24.6 Å². The molecule has 1 amide bonds. The highest BCUT2D eigenvalue weighted by Crippen LogP contribution is 2.19. The third-order valence-electron chi connectivity index (χ3n) is 2.62. The number of amides is 1. The maximum atomic E-state index is 11.1. The second kappa shape index (κ2) is 4.02. The number of aromatic nitrogens is 2. The largest absolute Gasteiger partial charge is 0.368 e. The van der Waals surface area contributed by atoms with E-state index in [-0.39, 0.29) is 6.04 Å². The molecule has 0 aliphatic rings. The van der Waals surface area contributed by atoms with Crippen molar-refractivity contribution in [2.24, 2.45) is 11.5 Å². The summed E-state index contributed by atoms with van der Waals surface area (Å²) < 4.78 is 1.98. The lowest BCUT2D eigenvalue weighted by Crippen LogP contribution is -2.50. The van der Waals surface area contributed by atoms with Gasteiger partial charge in [0, 0.05) is 18.4 Å². The molecular weight excluding hydrogens is 192 g/mol. The van der Waals surface area contributed by atoms with E-state index < -0.39 is 11.4 Å². The quantitative estimate of drug-likeness (QED) is 0.751. The maximum Gasteiger partial charge on any atom is 0.237 e. The van der Waals surface area contributed by atoms with Crippen LogP contribution in [0, 0.1) is 6.92 Å². The molecule has 0 saturated heterocycles. The van der Waals surface area contributed by atoms with Crippen LogP contribution in [0.15, 0.2) is 12.4 Å². The van der Waals surface area contributed by atoms with E-state index in [2.05, 4.69) is 4.98 Å². The molecule has 0 spiro atoms. The third-order valence-corrected chi connectivity index (χ3v) is 2.62. The molecule has 15 heavy (non-hydrogen) atoms. The van der Waals surface area contributed by atoms with Gasteiger partial charge < -0.3 is 16.0 Å². The average Bonchev–Trinajstić information content (AvgIpc) is 2.50. The number of nitrogens with zero attached hydrogens (tertiary/aromatic N) is 2. The van der Waals surface area contributed by atoms with Gasteiger partial charge in [-0.25, -0.2) is 4.98 Å². The van der Waals surface area contributed by atoms with Gasteiger partial charge in [0.15, 0.2) is 0 Å². The Kier molecular flexibility index (Phi) is 3.14. The van der Waals surface area contributed by atoms with Crippen LogP contribution in [0.4, 0.5) is 0 Å². The number of primary amides is 1. The van der Waals surface area contributed by atoms with E-state index in [1.54, 1.807) is 13.1 Å². The smallest absolute Gasteiger partial charge is 0.237 e. The molecule has 0 aromatic carbocycles. The van der Waals surface area contributed by atoms with Gasteiger partial charge in [-0.05, 0) is 27.2 Å². The molecule has 0 bridgehead atoms. The first-order chi connectivity index (χ1) is 6.84. The summed E-state index contributed by atoms with van der Waals surface area (Å²) in [5.74, 6) is 0.426. The zero-order valence-electron chi connectivity index (χ0n) is 9.40. The van der Waals surface area contributed by atoms with Gasteiger partial charge in [0.05, 0.1) is 5.54 Å². The molecular formula is C10H18N4O. The van der Waals surface area contributed by atoms with Crippen LogP contribution in [0.5, 0.6) is 0 Å². The van der Waals surface area contributed by atoms with Gasteiger partial charge in [0.1, 0.15) is 5.82 Å². The monoisotopic (exact) mass is 210 g/mol. The fourth-order valence-corrected chi connectivity index (χ4v) is 1.67. The maximum absolute atomic E-state index is 11.1. The highest BCUT2D eigenvalue weighted by molar-refractivity contribution is 5.83. The van der Waals surface area contributed by atoms with Gasteiger partial charge in [0.2, 0.25) is 5.91 Å². The molecule has 0 saturated carbocycles. The number of carbonyl (C=O) groups is 1. The van der Waals surface area contributed by atoms with E-state index in [0.29, 0.717) is 6.42 Å². The standard InChI is InChI=1S/C10H18N4O/c1-7(6-10(3,12)9(11)15)14-5-4-13-8(14)2/h4-5,7H,6,12H2,1-3H3,(H2,11,15). The summed E-state index contributed by atoms with van der Waals surface area (Å²) in [5.41, 5.74) is 10.1. The summed E-state index contributed by atoms with van der Waals surface area (Å²) in [7, 11) is 0. The van der Waals surface area contributed by atoms with Crippen LogP contribution in [0.2, 0.25) is 0 Å². The Hall–Kier alpha value is -1.36. The highest BCUT2D eigenvalue weighted by Gasteiger charge is 2.28. The van der Waals surface area contributed by atoms with Crippen molar-refractivity contribution in [2.75, 3.05) is 0 Å². The van der Waals surface area contributed by atoms with E-state index in [1.165, 1.54) is 0 Å². The Bertz CT molecular complexity index is 356. The molecule has 4 N–H and O–H groups in total. The molecule has 1 aromatic heterocycles. The van der Waals surface area contributed by atoms with Crippen LogP contribution >= 0.6 is 0 Å². The summed E-state index contributed by atoms with van der Waals surface area (Å²) in [6.07, 6.45) is 4.10. The molecule has 2 unspecified atom stereocenters. The van der Waals surface area contributed by atoms with Crippen molar-refractivity contribution in [3.05, 3.63) is 18.2 Å². The van der Waals surface area contributed by atoms with Crippen LogP contribution < -0.4 is 11.5 Å². The first-order valence-electron chi connectivity index (χ1n) is 4.93. The zero-order chi connectivity index (χ0) is 11.6. The van der Waals surface area contributed by atoms with Crippen LogP contribution in [0.1, 0.15) is 32.1 Å². The lowest BCUT2D eigenvalue weighted by molar-refractivity contribution is -0.123. The van der Waals surface area contributed by atoms with Crippen LogP contribution in [0.25, 0.3) is 0 Å². The van der Waals surface area contributed by atoms with E-state index in [9.17, 15) is 4.79 Å². The van der Waals surface area contributed by atoms with Crippen molar-refractivity contribution in [1.82, 2.24) is 9.55 Å². The fraction of sp³-hybridized carbons (Fsp3) is 0.600. The molecule has 84 valence electrons. The number of rotatable bonds is 4. The third kappa shape index (κ3) is 2.56. The Balaban J connectivity index is 2.76. The van der Waals surface area contributed by atoms with Gasteiger partial charge in [-0.3, -0.25) is 4.79 Å². The highest BCUT2D eigenvalue weighted by atomic mass is 16.1. The number of hydrogen-bond acceptors (Lipinski definition) is 3. The minimum Gasteiger partial charge on any atom is -0.368 e. The number of imidazole rings is 1. The van der Waals surface area contributed by atoms with Gasteiger partial charge in [-0.15, -0.1) is 0 Å². The molecule has 1 aromatic rings. The van der Waals surface area contributed by atoms with Crippen molar-refractivity contribution in [1.29, 1.82) is 0 Å². The lowest BCUT2D eigenvalue weighted by Gasteiger charge is -2.25. The van der Waals surface area contributed by atoms with Crippen molar-refractivity contribution in [2.45, 2.75) is 38.8 Å². The molecule has 0 aliphatic heterocycles. The first kappa shape index (κ1) is 11.7. The van der Waals surface area contributed by atoms with Crippen molar-refractivity contribution in [3.63, 3.8) is 0 Å². The summed E-state index contributed by atoms with van der Waals surface area (Å²) in [4.78, 5) is 15.2. The topological polar surface area (TPSA) is 86.9 Å². The van der Waals surface area contributed by atoms with Crippen LogP contribution in [-0.4, -0.2) is 21.0 Å². The zero-order valence-corrected chi connectivity index (χ0v) is 9.40. The Morgan fingerprint density at radius 1 is 1.73 bits per heavy atom. The predicted octanol–water partition coefficient (Wildman–Crippen LogP) is 0.345. The van der Waals surface area contributed by atoms with E-state index in [4.69, 9.17) is 11.5 Å². The Labute approximate surface area is 89.5 Å². The van der Waals surface area contributed by atoms with Gasteiger partial charge >= 0.3 is 0 Å². The SMILES string of the molecule is Cc1nccn1C(C)CC(C)(N)C(N)=O. The van der Waals surface area contributed by atoms with Gasteiger partial charge in [-0.1, -0.05) is 0 Å².